The van der Waals surface area contributed by atoms with Crippen molar-refractivity contribution in [1.82, 2.24) is 0 Å². The molecule has 0 aliphatic heterocycles. The maximum Gasteiger partial charge on any atom is 0.166 e. The van der Waals surface area contributed by atoms with Crippen LogP contribution in [-0.2, 0) is 16.3 Å². The van der Waals surface area contributed by atoms with Crippen molar-refractivity contribution in [1.29, 1.82) is 0 Å². The Morgan fingerprint density at radius 3 is 1.52 bits per heavy atom. The average Bonchev–Trinajstić information content (AvgIpc) is 2.57. The van der Waals surface area contributed by atoms with Crippen LogP contribution in [0.2, 0.25) is 0 Å². The Labute approximate surface area is 142 Å². The van der Waals surface area contributed by atoms with Gasteiger partial charge < -0.3 is 0 Å². The Morgan fingerprint density at radius 2 is 1.04 bits per heavy atom. The third-order valence-corrected chi connectivity index (χ3v) is 6.11. The van der Waals surface area contributed by atoms with Crippen LogP contribution in [0.3, 0.4) is 0 Å². The van der Waals surface area contributed by atoms with Crippen LogP contribution in [0.1, 0.15) is 26.3 Å². The first-order valence-electron chi connectivity index (χ1n) is 8.01. The van der Waals surface area contributed by atoms with Crippen molar-refractivity contribution in [2.45, 2.75) is 40.9 Å². The fraction of sp³-hybridized carbons (Fsp3) is 0.182. The lowest BCUT2D eigenvalue weighted by atomic mass is 9.87. The van der Waals surface area contributed by atoms with Gasteiger partial charge in [-0.1, -0.05) is 69.3 Å². The number of rotatable bonds is 3. The normalized spacial score (nSPS) is 11.7. The standard InChI is InChI=1S/C22H23S/c1-22(2,3)18-11-10-16-21(17-18)23(19-12-6-4-7-13-19)20-14-8-5-9-15-20/h4-17H,1-3H3/q+1. The van der Waals surface area contributed by atoms with Crippen molar-refractivity contribution in [2.75, 3.05) is 0 Å². The molecule has 0 bridgehead atoms. The van der Waals surface area contributed by atoms with Crippen molar-refractivity contribution in [3.05, 3.63) is 90.5 Å². The monoisotopic (exact) mass is 319 g/mol. The zero-order valence-electron chi connectivity index (χ0n) is 14.0. The van der Waals surface area contributed by atoms with E-state index >= 15 is 0 Å². The lowest BCUT2D eigenvalue weighted by Gasteiger charge is -2.19. The van der Waals surface area contributed by atoms with E-state index in [0.717, 1.165) is 0 Å². The third kappa shape index (κ3) is 3.68. The molecule has 3 aromatic rings. The Kier molecular flexibility index (Phi) is 4.58. The second-order valence-corrected chi connectivity index (χ2v) is 8.74. The van der Waals surface area contributed by atoms with Gasteiger partial charge in [0, 0.05) is 0 Å². The molecule has 0 aliphatic rings. The molecular formula is C22H23S+. The summed E-state index contributed by atoms with van der Waals surface area (Å²) in [6, 6.07) is 30.7. The van der Waals surface area contributed by atoms with Gasteiger partial charge in [-0.25, -0.2) is 0 Å². The first kappa shape index (κ1) is 15.9. The molecule has 0 atom stereocenters. The SMILES string of the molecule is CC(C)(C)c1cccc([S+](c2ccccc2)c2ccccc2)c1. The minimum Gasteiger partial charge on any atom is -0.0619 e. The Hall–Kier alpha value is -1.99. The van der Waals surface area contributed by atoms with Gasteiger partial charge in [0.1, 0.15) is 0 Å². The van der Waals surface area contributed by atoms with Crippen molar-refractivity contribution in [3.63, 3.8) is 0 Å². The van der Waals surface area contributed by atoms with E-state index in [0.29, 0.717) is 0 Å². The van der Waals surface area contributed by atoms with Crippen LogP contribution in [-0.4, -0.2) is 0 Å². The molecule has 23 heavy (non-hydrogen) atoms. The van der Waals surface area contributed by atoms with Gasteiger partial charge in [0.2, 0.25) is 0 Å². The van der Waals surface area contributed by atoms with E-state index in [2.05, 4.69) is 106 Å². The molecule has 3 aromatic carbocycles. The van der Waals surface area contributed by atoms with E-state index in [1.54, 1.807) is 0 Å². The predicted molar refractivity (Wildman–Crippen MR) is 100 cm³/mol. The molecule has 0 fully saturated rings. The molecule has 0 aliphatic carbocycles. The number of benzene rings is 3. The minimum atomic E-state index is -0.0597. The summed E-state index contributed by atoms with van der Waals surface area (Å²) in [5, 5.41) is 0. The van der Waals surface area contributed by atoms with E-state index < -0.39 is 0 Å². The van der Waals surface area contributed by atoms with E-state index in [4.69, 9.17) is 0 Å². The zero-order valence-corrected chi connectivity index (χ0v) is 14.8. The molecule has 116 valence electrons. The highest BCUT2D eigenvalue weighted by Crippen LogP contribution is 2.33. The second kappa shape index (κ2) is 6.64. The molecule has 0 heterocycles. The number of hydrogen-bond acceptors (Lipinski definition) is 0. The van der Waals surface area contributed by atoms with E-state index in [1.165, 1.54) is 20.2 Å². The molecule has 0 saturated heterocycles. The molecule has 0 saturated carbocycles. The lowest BCUT2D eigenvalue weighted by Crippen LogP contribution is -2.12. The van der Waals surface area contributed by atoms with E-state index in [-0.39, 0.29) is 16.3 Å². The van der Waals surface area contributed by atoms with E-state index in [1.807, 2.05) is 0 Å². The summed E-state index contributed by atoms with van der Waals surface area (Å²) < 4.78 is 0. The number of hydrogen-bond donors (Lipinski definition) is 0. The smallest absolute Gasteiger partial charge is 0.0619 e. The van der Waals surface area contributed by atoms with E-state index in [9.17, 15) is 0 Å². The van der Waals surface area contributed by atoms with Gasteiger partial charge in [-0.15, -0.1) is 0 Å². The Bertz CT molecular complexity index is 715. The van der Waals surface area contributed by atoms with Gasteiger partial charge in [-0.3, -0.25) is 0 Å². The van der Waals surface area contributed by atoms with Crippen molar-refractivity contribution >= 4 is 10.9 Å². The van der Waals surface area contributed by atoms with Crippen LogP contribution in [0.15, 0.2) is 99.6 Å². The van der Waals surface area contributed by atoms with Gasteiger partial charge in [0.05, 0.1) is 10.9 Å². The Balaban J connectivity index is 2.14. The zero-order chi connectivity index (χ0) is 16.3. The van der Waals surface area contributed by atoms with Gasteiger partial charge in [0.15, 0.2) is 14.7 Å². The van der Waals surface area contributed by atoms with Gasteiger partial charge in [-0.05, 0) is 47.4 Å². The van der Waals surface area contributed by atoms with Crippen molar-refractivity contribution in [3.8, 4) is 0 Å². The molecule has 0 radical (unpaired) electrons. The van der Waals surface area contributed by atoms with Crippen LogP contribution in [0, 0.1) is 0 Å². The highest BCUT2D eigenvalue weighted by molar-refractivity contribution is 7.97. The molecule has 0 N–H and O–H groups in total. The Morgan fingerprint density at radius 1 is 0.565 bits per heavy atom. The largest absolute Gasteiger partial charge is 0.166 e. The van der Waals surface area contributed by atoms with Crippen LogP contribution >= 0.6 is 0 Å². The summed E-state index contributed by atoms with van der Waals surface area (Å²) in [7, 11) is -0.0597. The summed E-state index contributed by atoms with van der Waals surface area (Å²) in [6.45, 7) is 6.82. The summed E-state index contributed by atoms with van der Waals surface area (Å²) in [4.78, 5) is 4.12. The van der Waals surface area contributed by atoms with Gasteiger partial charge in [0.25, 0.3) is 0 Å². The summed E-state index contributed by atoms with van der Waals surface area (Å²) in [6.07, 6.45) is 0. The molecule has 3 rings (SSSR count). The molecule has 0 amide bonds. The molecular weight excluding hydrogens is 296 g/mol. The maximum absolute atomic E-state index is 2.38. The average molecular weight is 319 g/mol. The quantitative estimate of drug-likeness (QED) is 0.513. The highest BCUT2D eigenvalue weighted by Gasteiger charge is 2.29. The molecule has 0 aromatic heterocycles. The minimum absolute atomic E-state index is 0.0597. The van der Waals surface area contributed by atoms with Crippen molar-refractivity contribution < 1.29 is 0 Å². The fourth-order valence-electron chi connectivity index (χ4n) is 2.61. The molecule has 0 nitrogen and oxygen atoms in total. The topological polar surface area (TPSA) is 0 Å². The van der Waals surface area contributed by atoms with Gasteiger partial charge in [-0.2, -0.15) is 0 Å². The van der Waals surface area contributed by atoms with Crippen LogP contribution in [0.25, 0.3) is 0 Å². The summed E-state index contributed by atoms with van der Waals surface area (Å²) >= 11 is 0. The maximum atomic E-state index is 2.38. The first-order chi connectivity index (χ1) is 11.1. The fourth-order valence-corrected chi connectivity index (χ4v) is 4.75. The molecule has 1 heteroatoms. The summed E-state index contributed by atoms with van der Waals surface area (Å²) in [5.41, 5.74) is 1.55. The highest BCUT2D eigenvalue weighted by atomic mass is 32.2. The van der Waals surface area contributed by atoms with Crippen LogP contribution in [0.5, 0.6) is 0 Å². The first-order valence-corrected chi connectivity index (χ1v) is 9.23. The lowest BCUT2D eigenvalue weighted by molar-refractivity contribution is 0.588. The second-order valence-electron chi connectivity index (χ2n) is 6.71. The van der Waals surface area contributed by atoms with Crippen LogP contribution < -0.4 is 0 Å². The van der Waals surface area contributed by atoms with Crippen LogP contribution in [0.4, 0.5) is 0 Å². The predicted octanol–water partition coefficient (Wildman–Crippen LogP) is 6.08. The molecule has 0 unspecified atom stereocenters. The third-order valence-electron chi connectivity index (χ3n) is 3.89. The summed E-state index contributed by atoms with van der Waals surface area (Å²) in [5.74, 6) is 0. The van der Waals surface area contributed by atoms with Crippen molar-refractivity contribution in [2.24, 2.45) is 0 Å². The molecule has 0 spiro atoms. The van der Waals surface area contributed by atoms with Gasteiger partial charge >= 0.3 is 0 Å².